The number of benzene rings is 2. The highest BCUT2D eigenvalue weighted by atomic mass is 16.5. The summed E-state index contributed by atoms with van der Waals surface area (Å²) >= 11 is 0. The van der Waals surface area contributed by atoms with Gasteiger partial charge in [0.25, 0.3) is 5.91 Å². The third kappa shape index (κ3) is 2.96. The number of ether oxygens (including phenoxy) is 1. The van der Waals surface area contributed by atoms with Crippen LogP contribution in [0.1, 0.15) is 21.6 Å². The number of carbonyl (C=O) groups is 1. The van der Waals surface area contributed by atoms with Crippen molar-refractivity contribution in [2.75, 3.05) is 7.11 Å². The molecule has 2 N–H and O–H groups in total. The zero-order valence-corrected chi connectivity index (χ0v) is 12.6. The van der Waals surface area contributed by atoms with E-state index >= 15 is 0 Å². The minimum atomic E-state index is -0.114. The highest BCUT2D eigenvalue weighted by molar-refractivity contribution is 5.98. The predicted octanol–water partition coefficient (Wildman–Crippen LogP) is 3.41. The number of aromatic amines is 1. The van der Waals surface area contributed by atoms with Crippen LogP contribution < -0.4 is 10.1 Å². The van der Waals surface area contributed by atoms with Crippen molar-refractivity contribution in [3.8, 4) is 5.75 Å². The fourth-order valence-corrected chi connectivity index (χ4v) is 2.46. The van der Waals surface area contributed by atoms with Crippen LogP contribution >= 0.6 is 0 Å². The van der Waals surface area contributed by atoms with E-state index in [9.17, 15) is 4.79 Å². The van der Waals surface area contributed by atoms with E-state index in [-0.39, 0.29) is 5.91 Å². The van der Waals surface area contributed by atoms with Gasteiger partial charge >= 0.3 is 0 Å². The fourth-order valence-electron chi connectivity index (χ4n) is 2.46. The Morgan fingerprint density at radius 3 is 2.82 bits per heavy atom. The molecule has 22 heavy (non-hydrogen) atoms. The first-order valence-electron chi connectivity index (χ1n) is 7.16. The second-order valence-electron chi connectivity index (χ2n) is 5.31. The number of H-pyrrole nitrogens is 1. The van der Waals surface area contributed by atoms with Crippen LogP contribution in [0.4, 0.5) is 0 Å². The fraction of sp³-hybridized carbons (Fsp3) is 0.167. The summed E-state index contributed by atoms with van der Waals surface area (Å²) in [5.74, 6) is 0.651. The SMILES string of the molecule is COc1ccc2cc(C(=O)NCc3cccc(C)c3)[nH]c2c1. The Morgan fingerprint density at radius 2 is 2.05 bits per heavy atom. The summed E-state index contributed by atoms with van der Waals surface area (Å²) in [5.41, 5.74) is 3.71. The molecule has 1 aromatic heterocycles. The van der Waals surface area contributed by atoms with E-state index < -0.39 is 0 Å². The van der Waals surface area contributed by atoms with Gasteiger partial charge in [0.2, 0.25) is 0 Å². The molecule has 112 valence electrons. The molecule has 0 fully saturated rings. The van der Waals surface area contributed by atoms with Gasteiger partial charge in [-0.25, -0.2) is 0 Å². The third-order valence-corrected chi connectivity index (χ3v) is 3.61. The second kappa shape index (κ2) is 5.93. The van der Waals surface area contributed by atoms with E-state index in [2.05, 4.69) is 16.4 Å². The Labute approximate surface area is 129 Å². The number of rotatable bonds is 4. The van der Waals surface area contributed by atoms with Gasteiger partial charge in [0.15, 0.2) is 0 Å². The quantitative estimate of drug-likeness (QED) is 0.774. The molecule has 0 atom stereocenters. The lowest BCUT2D eigenvalue weighted by Crippen LogP contribution is -2.23. The van der Waals surface area contributed by atoms with Gasteiger partial charge in [-0.05, 0) is 30.7 Å². The molecule has 0 radical (unpaired) electrons. The van der Waals surface area contributed by atoms with Crippen LogP contribution in [0.3, 0.4) is 0 Å². The van der Waals surface area contributed by atoms with Crippen LogP contribution in [0, 0.1) is 6.92 Å². The zero-order valence-electron chi connectivity index (χ0n) is 12.6. The van der Waals surface area contributed by atoms with Gasteiger partial charge in [-0.2, -0.15) is 0 Å². The monoisotopic (exact) mass is 294 g/mol. The maximum absolute atomic E-state index is 12.3. The lowest BCUT2D eigenvalue weighted by molar-refractivity contribution is 0.0946. The second-order valence-corrected chi connectivity index (χ2v) is 5.31. The maximum Gasteiger partial charge on any atom is 0.267 e. The molecule has 1 heterocycles. The third-order valence-electron chi connectivity index (χ3n) is 3.61. The van der Waals surface area contributed by atoms with Crippen molar-refractivity contribution < 1.29 is 9.53 Å². The lowest BCUT2D eigenvalue weighted by Gasteiger charge is -2.04. The molecule has 0 spiro atoms. The summed E-state index contributed by atoms with van der Waals surface area (Å²) in [6.45, 7) is 2.55. The first kappa shape index (κ1) is 14.2. The zero-order chi connectivity index (χ0) is 15.5. The molecule has 3 rings (SSSR count). The molecule has 0 unspecified atom stereocenters. The summed E-state index contributed by atoms with van der Waals surface area (Å²) in [7, 11) is 1.62. The summed E-state index contributed by atoms with van der Waals surface area (Å²) in [6.07, 6.45) is 0. The van der Waals surface area contributed by atoms with E-state index in [0.29, 0.717) is 12.2 Å². The standard InChI is InChI=1S/C18H18N2O2/c1-12-4-3-5-13(8-12)11-19-18(21)17-9-14-6-7-15(22-2)10-16(14)20-17/h3-10,20H,11H2,1-2H3,(H,19,21). The normalized spacial score (nSPS) is 10.6. The average Bonchev–Trinajstić information content (AvgIpc) is 2.95. The molecular formula is C18H18N2O2. The van der Waals surface area contributed by atoms with Crippen LogP contribution in [-0.4, -0.2) is 18.0 Å². The topological polar surface area (TPSA) is 54.1 Å². The summed E-state index contributed by atoms with van der Waals surface area (Å²) in [6, 6.07) is 15.6. The van der Waals surface area contributed by atoms with Crippen molar-refractivity contribution in [1.29, 1.82) is 0 Å². The minimum Gasteiger partial charge on any atom is -0.497 e. The van der Waals surface area contributed by atoms with Gasteiger partial charge < -0.3 is 15.0 Å². The number of carbonyl (C=O) groups excluding carboxylic acids is 1. The number of hydrogen-bond acceptors (Lipinski definition) is 2. The van der Waals surface area contributed by atoms with Crippen molar-refractivity contribution in [2.24, 2.45) is 0 Å². The molecule has 0 aliphatic carbocycles. The van der Waals surface area contributed by atoms with Gasteiger partial charge in [0.05, 0.1) is 7.11 Å². The maximum atomic E-state index is 12.3. The van der Waals surface area contributed by atoms with Gasteiger partial charge in [-0.1, -0.05) is 29.8 Å². The molecule has 0 saturated carbocycles. The number of aromatic nitrogens is 1. The highest BCUT2D eigenvalue weighted by Crippen LogP contribution is 2.21. The number of aryl methyl sites for hydroxylation is 1. The Hall–Kier alpha value is -2.75. The number of fused-ring (bicyclic) bond motifs is 1. The first-order valence-corrected chi connectivity index (χ1v) is 7.16. The van der Waals surface area contributed by atoms with Crippen LogP contribution in [0.25, 0.3) is 10.9 Å². The molecule has 2 aromatic carbocycles. The predicted molar refractivity (Wildman–Crippen MR) is 87.2 cm³/mol. The molecular weight excluding hydrogens is 276 g/mol. The molecule has 4 nitrogen and oxygen atoms in total. The van der Waals surface area contributed by atoms with E-state index in [0.717, 1.165) is 22.2 Å². The number of amides is 1. The Bertz CT molecular complexity index is 821. The summed E-state index contributed by atoms with van der Waals surface area (Å²) in [4.78, 5) is 15.4. The van der Waals surface area contributed by atoms with Crippen molar-refractivity contribution in [3.63, 3.8) is 0 Å². The number of hydrogen-bond donors (Lipinski definition) is 2. The van der Waals surface area contributed by atoms with Crippen LogP contribution in [0.15, 0.2) is 48.5 Å². The molecule has 4 heteroatoms. The van der Waals surface area contributed by atoms with Gasteiger partial charge in [0.1, 0.15) is 11.4 Å². The number of methoxy groups -OCH3 is 1. The minimum absolute atomic E-state index is 0.114. The molecule has 1 amide bonds. The largest absolute Gasteiger partial charge is 0.497 e. The van der Waals surface area contributed by atoms with Crippen molar-refractivity contribution >= 4 is 16.8 Å². The van der Waals surface area contributed by atoms with E-state index in [1.165, 1.54) is 5.56 Å². The van der Waals surface area contributed by atoms with Crippen LogP contribution in [0.2, 0.25) is 0 Å². The van der Waals surface area contributed by atoms with Crippen molar-refractivity contribution in [1.82, 2.24) is 10.3 Å². The average molecular weight is 294 g/mol. The van der Waals surface area contributed by atoms with Crippen molar-refractivity contribution in [3.05, 3.63) is 65.4 Å². The Balaban J connectivity index is 1.74. The highest BCUT2D eigenvalue weighted by Gasteiger charge is 2.09. The molecule has 3 aromatic rings. The van der Waals surface area contributed by atoms with Crippen LogP contribution in [0.5, 0.6) is 5.75 Å². The van der Waals surface area contributed by atoms with Crippen molar-refractivity contribution in [2.45, 2.75) is 13.5 Å². The van der Waals surface area contributed by atoms with E-state index in [1.54, 1.807) is 7.11 Å². The Kier molecular flexibility index (Phi) is 3.83. The summed E-state index contributed by atoms with van der Waals surface area (Å²) < 4.78 is 5.19. The van der Waals surface area contributed by atoms with Gasteiger partial charge in [0, 0.05) is 23.5 Å². The smallest absolute Gasteiger partial charge is 0.267 e. The molecule has 0 saturated heterocycles. The first-order chi connectivity index (χ1) is 10.7. The molecule has 0 aliphatic rings. The molecule has 0 aliphatic heterocycles. The Morgan fingerprint density at radius 1 is 1.18 bits per heavy atom. The van der Waals surface area contributed by atoms with Crippen LogP contribution in [-0.2, 0) is 6.54 Å². The lowest BCUT2D eigenvalue weighted by atomic mass is 10.1. The molecule has 0 bridgehead atoms. The summed E-state index contributed by atoms with van der Waals surface area (Å²) in [5, 5.41) is 3.92. The van der Waals surface area contributed by atoms with Gasteiger partial charge in [-0.3, -0.25) is 4.79 Å². The number of nitrogens with one attached hydrogen (secondary N) is 2. The van der Waals surface area contributed by atoms with E-state index in [1.807, 2.05) is 49.4 Å². The van der Waals surface area contributed by atoms with Gasteiger partial charge in [-0.15, -0.1) is 0 Å². The van der Waals surface area contributed by atoms with E-state index in [4.69, 9.17) is 4.74 Å².